The molecule has 3 heterocycles. The number of allylic oxidation sites excluding steroid dienone is 1. The molecule has 3 aliphatic heterocycles. The Labute approximate surface area is 187 Å². The van der Waals surface area contributed by atoms with E-state index in [0.29, 0.717) is 43.4 Å². The molecule has 0 bridgehead atoms. The summed E-state index contributed by atoms with van der Waals surface area (Å²) in [5, 5.41) is 0. The van der Waals surface area contributed by atoms with Crippen molar-refractivity contribution in [1.82, 2.24) is 0 Å². The van der Waals surface area contributed by atoms with Gasteiger partial charge in [-0.15, -0.1) is 0 Å². The minimum atomic E-state index is 0.340. The van der Waals surface area contributed by atoms with E-state index >= 15 is 0 Å². The van der Waals surface area contributed by atoms with Gasteiger partial charge in [0, 0.05) is 13.2 Å². The topological polar surface area (TPSA) is 55.4 Å². The van der Waals surface area contributed by atoms with Gasteiger partial charge in [0.25, 0.3) is 0 Å². The SMILES string of the molecule is C1CCC2OCOC2C1.C1COC2CCCCC2OC1.CC1=COC2CCCCC2O1. The first kappa shape index (κ1) is 23.3. The third-order valence-corrected chi connectivity index (χ3v) is 7.19. The Morgan fingerprint density at radius 1 is 0.548 bits per heavy atom. The Morgan fingerprint density at radius 3 is 1.55 bits per heavy atom. The molecule has 6 unspecified atom stereocenters. The van der Waals surface area contributed by atoms with Crippen LogP contribution in [-0.4, -0.2) is 56.6 Å². The summed E-state index contributed by atoms with van der Waals surface area (Å²) in [7, 11) is 0. The van der Waals surface area contributed by atoms with Crippen molar-refractivity contribution in [2.24, 2.45) is 0 Å². The molecule has 31 heavy (non-hydrogen) atoms. The van der Waals surface area contributed by atoms with Crippen LogP contribution in [0.15, 0.2) is 12.0 Å². The molecule has 6 atom stereocenters. The van der Waals surface area contributed by atoms with E-state index in [0.717, 1.165) is 38.2 Å². The minimum Gasteiger partial charge on any atom is -0.491 e. The van der Waals surface area contributed by atoms with Gasteiger partial charge in [-0.2, -0.15) is 0 Å². The lowest BCUT2D eigenvalue weighted by Crippen LogP contribution is -2.35. The largest absolute Gasteiger partial charge is 0.491 e. The van der Waals surface area contributed by atoms with Crippen LogP contribution in [0.1, 0.15) is 90.4 Å². The van der Waals surface area contributed by atoms with Gasteiger partial charge in [-0.05, 0) is 64.7 Å². The molecule has 3 aliphatic carbocycles. The molecule has 0 aromatic heterocycles. The first-order chi connectivity index (χ1) is 15.3. The summed E-state index contributed by atoms with van der Waals surface area (Å²) >= 11 is 0. The molecule has 0 aromatic rings. The molecule has 6 rings (SSSR count). The van der Waals surface area contributed by atoms with E-state index in [1.807, 2.05) is 6.92 Å². The average Bonchev–Trinajstić information content (AvgIpc) is 3.17. The second-order valence-corrected chi connectivity index (χ2v) is 9.61. The highest BCUT2D eigenvalue weighted by Gasteiger charge is 2.31. The average molecular weight is 439 g/mol. The van der Waals surface area contributed by atoms with E-state index in [2.05, 4.69) is 0 Å². The molecule has 0 radical (unpaired) electrons. The van der Waals surface area contributed by atoms with Crippen LogP contribution in [-0.2, 0) is 28.4 Å². The van der Waals surface area contributed by atoms with Crippen LogP contribution in [0.5, 0.6) is 0 Å². The monoisotopic (exact) mass is 438 g/mol. The van der Waals surface area contributed by atoms with Crippen molar-refractivity contribution >= 4 is 0 Å². The number of ether oxygens (including phenoxy) is 6. The zero-order valence-electron chi connectivity index (χ0n) is 19.3. The molecule has 0 amide bonds. The van der Waals surface area contributed by atoms with Gasteiger partial charge in [-0.1, -0.05) is 25.7 Å². The van der Waals surface area contributed by atoms with Gasteiger partial charge in [0.05, 0.1) is 24.4 Å². The molecule has 3 saturated carbocycles. The number of rotatable bonds is 0. The lowest BCUT2D eigenvalue weighted by atomic mass is 9.94. The smallest absolute Gasteiger partial charge is 0.147 e. The summed E-state index contributed by atoms with van der Waals surface area (Å²) < 4.78 is 33.2. The highest BCUT2D eigenvalue weighted by atomic mass is 16.7. The van der Waals surface area contributed by atoms with Gasteiger partial charge in [0.15, 0.2) is 0 Å². The summed E-state index contributed by atoms with van der Waals surface area (Å²) in [4.78, 5) is 0. The highest BCUT2D eigenvalue weighted by Crippen LogP contribution is 2.29. The maximum Gasteiger partial charge on any atom is 0.147 e. The van der Waals surface area contributed by atoms with E-state index < -0.39 is 0 Å². The first-order valence-corrected chi connectivity index (χ1v) is 12.7. The Balaban J connectivity index is 0.000000113. The fourth-order valence-corrected chi connectivity index (χ4v) is 5.43. The third kappa shape index (κ3) is 7.08. The highest BCUT2D eigenvalue weighted by molar-refractivity contribution is 4.92. The zero-order valence-corrected chi connectivity index (χ0v) is 19.3. The summed E-state index contributed by atoms with van der Waals surface area (Å²) in [5.74, 6) is 0.924. The number of fused-ring (bicyclic) bond motifs is 3. The standard InChI is InChI=1S/C9H14O2.C9H16O2.C7H12O2/c1-7-6-10-8-4-2-3-5-9(8)11-7;1-2-5-9-8(4-1)10-6-3-7-11-9;1-2-4-7-6(3-1)8-5-9-7/h6,8-9H,2-5H2,1H3;8-9H,1-7H2;6-7H,1-5H2. The fourth-order valence-electron chi connectivity index (χ4n) is 5.43. The van der Waals surface area contributed by atoms with E-state index in [4.69, 9.17) is 28.4 Å². The van der Waals surface area contributed by atoms with Crippen molar-refractivity contribution in [2.45, 2.75) is 127 Å². The summed E-state index contributed by atoms with van der Waals surface area (Å²) in [6.45, 7) is 4.29. The second-order valence-electron chi connectivity index (χ2n) is 9.61. The van der Waals surface area contributed by atoms with Crippen LogP contribution < -0.4 is 0 Å². The van der Waals surface area contributed by atoms with Crippen molar-refractivity contribution in [3.63, 3.8) is 0 Å². The van der Waals surface area contributed by atoms with Crippen LogP contribution in [0, 0.1) is 0 Å². The molecule has 2 saturated heterocycles. The molecule has 0 N–H and O–H groups in total. The maximum atomic E-state index is 5.68. The molecule has 178 valence electrons. The first-order valence-electron chi connectivity index (χ1n) is 12.7. The molecular formula is C25H42O6. The van der Waals surface area contributed by atoms with E-state index in [1.54, 1.807) is 6.26 Å². The van der Waals surface area contributed by atoms with Crippen molar-refractivity contribution in [1.29, 1.82) is 0 Å². The predicted octanol–water partition coefficient (Wildman–Crippen LogP) is 5.24. The maximum absolute atomic E-state index is 5.68. The Morgan fingerprint density at radius 2 is 1.00 bits per heavy atom. The Bertz CT molecular complexity index is 526. The van der Waals surface area contributed by atoms with E-state index in [1.165, 1.54) is 64.2 Å². The quantitative estimate of drug-likeness (QED) is 0.515. The van der Waals surface area contributed by atoms with Crippen LogP contribution in [0.4, 0.5) is 0 Å². The van der Waals surface area contributed by atoms with E-state index in [-0.39, 0.29) is 0 Å². The predicted molar refractivity (Wildman–Crippen MR) is 118 cm³/mol. The van der Waals surface area contributed by atoms with Crippen molar-refractivity contribution in [3.05, 3.63) is 12.0 Å². The second kappa shape index (κ2) is 12.4. The molecule has 6 heteroatoms. The van der Waals surface area contributed by atoms with Gasteiger partial charge in [-0.25, -0.2) is 0 Å². The fraction of sp³-hybridized carbons (Fsp3) is 0.920. The molecule has 6 nitrogen and oxygen atoms in total. The minimum absolute atomic E-state index is 0.340. The zero-order chi connectivity index (χ0) is 21.3. The molecule has 5 fully saturated rings. The van der Waals surface area contributed by atoms with Crippen molar-refractivity contribution < 1.29 is 28.4 Å². The molecule has 0 spiro atoms. The van der Waals surface area contributed by atoms with Crippen LogP contribution in [0.2, 0.25) is 0 Å². The summed E-state index contributed by atoms with van der Waals surface area (Å²) in [6, 6.07) is 0. The van der Waals surface area contributed by atoms with Gasteiger partial charge in [-0.3, -0.25) is 0 Å². The Kier molecular flexibility index (Phi) is 9.36. The van der Waals surface area contributed by atoms with Crippen LogP contribution >= 0.6 is 0 Å². The van der Waals surface area contributed by atoms with Crippen molar-refractivity contribution in [2.75, 3.05) is 20.0 Å². The number of hydrogen-bond acceptors (Lipinski definition) is 6. The van der Waals surface area contributed by atoms with E-state index in [9.17, 15) is 0 Å². The van der Waals surface area contributed by atoms with Gasteiger partial charge in [0.1, 0.15) is 31.0 Å². The number of hydrogen-bond donors (Lipinski definition) is 0. The molecular weight excluding hydrogens is 396 g/mol. The molecule has 0 aromatic carbocycles. The van der Waals surface area contributed by atoms with Crippen LogP contribution in [0.25, 0.3) is 0 Å². The normalized spacial score (nSPS) is 39.2. The van der Waals surface area contributed by atoms with Crippen LogP contribution in [0.3, 0.4) is 0 Å². The lowest BCUT2D eigenvalue weighted by molar-refractivity contribution is -0.0680. The van der Waals surface area contributed by atoms with Gasteiger partial charge >= 0.3 is 0 Å². The Hall–Kier alpha value is -0.820. The van der Waals surface area contributed by atoms with Gasteiger partial charge in [0.2, 0.25) is 0 Å². The third-order valence-electron chi connectivity index (χ3n) is 7.19. The van der Waals surface area contributed by atoms with Gasteiger partial charge < -0.3 is 28.4 Å². The van der Waals surface area contributed by atoms with Crippen molar-refractivity contribution in [3.8, 4) is 0 Å². The lowest BCUT2D eigenvalue weighted by Gasteiger charge is -2.34. The summed E-state index contributed by atoms with van der Waals surface area (Å²) in [6.07, 6.45) is 20.3. The summed E-state index contributed by atoms with van der Waals surface area (Å²) in [5.41, 5.74) is 0. The molecule has 6 aliphatic rings.